The first-order valence-electron chi connectivity index (χ1n) is 6.24. The standard InChI is InChI=1S/C15H16N2O/c1-17-8-6-11(7-9-17)15(18)14-10-12-4-2-3-5-13(12)16-14/h2-6,10,16H,7-9H2,1H3. The number of aromatic amines is 1. The highest BCUT2D eigenvalue weighted by molar-refractivity contribution is 6.09. The number of fused-ring (bicyclic) bond motifs is 1. The number of carbonyl (C=O) groups excluding carboxylic acids is 1. The highest BCUT2D eigenvalue weighted by atomic mass is 16.1. The van der Waals surface area contributed by atoms with E-state index in [4.69, 9.17) is 0 Å². The number of ketones is 1. The maximum absolute atomic E-state index is 12.4. The van der Waals surface area contributed by atoms with E-state index in [1.54, 1.807) is 0 Å². The summed E-state index contributed by atoms with van der Waals surface area (Å²) in [6.07, 6.45) is 2.88. The van der Waals surface area contributed by atoms with Crippen LogP contribution in [0.3, 0.4) is 0 Å². The monoisotopic (exact) mass is 240 g/mol. The van der Waals surface area contributed by atoms with Crippen LogP contribution < -0.4 is 0 Å². The van der Waals surface area contributed by atoms with Crippen LogP contribution in [0, 0.1) is 0 Å². The normalized spacial score (nSPS) is 16.8. The second kappa shape index (κ2) is 4.42. The fourth-order valence-corrected chi connectivity index (χ4v) is 2.35. The topological polar surface area (TPSA) is 36.1 Å². The number of nitrogens with one attached hydrogen (secondary N) is 1. The fourth-order valence-electron chi connectivity index (χ4n) is 2.35. The Morgan fingerprint density at radius 3 is 2.89 bits per heavy atom. The molecular weight excluding hydrogens is 224 g/mol. The highest BCUT2D eigenvalue weighted by Crippen LogP contribution is 2.19. The molecule has 0 atom stereocenters. The summed E-state index contributed by atoms with van der Waals surface area (Å²) in [7, 11) is 2.07. The minimum atomic E-state index is 0.138. The van der Waals surface area contributed by atoms with Crippen LogP contribution >= 0.6 is 0 Å². The van der Waals surface area contributed by atoms with Crippen molar-refractivity contribution >= 4 is 16.7 Å². The molecular formula is C15H16N2O. The molecule has 0 unspecified atom stereocenters. The summed E-state index contributed by atoms with van der Waals surface area (Å²) in [6, 6.07) is 9.92. The van der Waals surface area contributed by atoms with Gasteiger partial charge in [-0.2, -0.15) is 0 Å². The third-order valence-electron chi connectivity index (χ3n) is 3.48. The number of hydrogen-bond acceptors (Lipinski definition) is 2. The Morgan fingerprint density at radius 2 is 2.17 bits per heavy atom. The molecule has 3 heteroatoms. The van der Waals surface area contributed by atoms with E-state index in [0.29, 0.717) is 5.69 Å². The third-order valence-corrected chi connectivity index (χ3v) is 3.48. The van der Waals surface area contributed by atoms with Crippen molar-refractivity contribution in [2.45, 2.75) is 6.42 Å². The van der Waals surface area contributed by atoms with Crippen molar-refractivity contribution < 1.29 is 4.79 Å². The highest BCUT2D eigenvalue weighted by Gasteiger charge is 2.17. The molecule has 0 fully saturated rings. The zero-order valence-electron chi connectivity index (χ0n) is 10.4. The number of nitrogens with zero attached hydrogens (tertiary/aromatic N) is 1. The van der Waals surface area contributed by atoms with Crippen LogP contribution in [0.5, 0.6) is 0 Å². The molecule has 1 aliphatic rings. The van der Waals surface area contributed by atoms with Gasteiger partial charge in [0.05, 0.1) is 5.69 Å². The van der Waals surface area contributed by atoms with Crippen molar-refractivity contribution in [3.63, 3.8) is 0 Å². The third kappa shape index (κ3) is 1.97. The first-order chi connectivity index (χ1) is 8.74. The number of likely N-dealkylation sites (N-methyl/N-ethyl adjacent to an activating group) is 1. The quantitative estimate of drug-likeness (QED) is 0.819. The molecule has 92 valence electrons. The molecule has 0 bridgehead atoms. The van der Waals surface area contributed by atoms with Crippen molar-refractivity contribution in [1.29, 1.82) is 0 Å². The van der Waals surface area contributed by atoms with E-state index in [-0.39, 0.29) is 5.78 Å². The molecule has 0 saturated heterocycles. The largest absolute Gasteiger partial charge is 0.352 e. The van der Waals surface area contributed by atoms with Crippen LogP contribution in [0.2, 0.25) is 0 Å². The van der Waals surface area contributed by atoms with Crippen molar-refractivity contribution in [2.75, 3.05) is 20.1 Å². The summed E-state index contributed by atoms with van der Waals surface area (Å²) in [4.78, 5) is 17.8. The molecule has 0 saturated carbocycles. The number of aromatic nitrogens is 1. The molecule has 1 aromatic heterocycles. The van der Waals surface area contributed by atoms with E-state index in [1.165, 1.54) is 0 Å². The molecule has 0 spiro atoms. The van der Waals surface area contributed by atoms with E-state index >= 15 is 0 Å². The lowest BCUT2D eigenvalue weighted by molar-refractivity contribution is 0.102. The van der Waals surface area contributed by atoms with Crippen LogP contribution in [0.25, 0.3) is 10.9 Å². The average Bonchev–Trinajstić information content (AvgIpc) is 2.82. The van der Waals surface area contributed by atoms with Crippen LogP contribution in [0.4, 0.5) is 0 Å². The van der Waals surface area contributed by atoms with Gasteiger partial charge in [-0.15, -0.1) is 0 Å². The Morgan fingerprint density at radius 1 is 1.33 bits per heavy atom. The Labute approximate surface area is 106 Å². The van der Waals surface area contributed by atoms with Gasteiger partial charge in [0.25, 0.3) is 0 Å². The lowest BCUT2D eigenvalue weighted by Crippen LogP contribution is -2.26. The van der Waals surface area contributed by atoms with Gasteiger partial charge in [0.15, 0.2) is 0 Å². The number of rotatable bonds is 2. The number of para-hydroxylation sites is 1. The molecule has 1 aliphatic heterocycles. The molecule has 3 nitrogen and oxygen atoms in total. The number of benzene rings is 1. The predicted octanol–water partition coefficient (Wildman–Crippen LogP) is 2.61. The molecule has 0 amide bonds. The SMILES string of the molecule is CN1CC=C(C(=O)c2cc3ccccc3[nH]2)CC1. The van der Waals surface area contributed by atoms with Gasteiger partial charge in [-0.1, -0.05) is 24.3 Å². The average molecular weight is 240 g/mol. The van der Waals surface area contributed by atoms with Crippen LogP contribution in [0.1, 0.15) is 16.9 Å². The van der Waals surface area contributed by atoms with Gasteiger partial charge in [0, 0.05) is 29.6 Å². The zero-order valence-corrected chi connectivity index (χ0v) is 10.4. The fraction of sp³-hybridized carbons (Fsp3) is 0.267. The van der Waals surface area contributed by atoms with E-state index in [9.17, 15) is 4.79 Å². The maximum Gasteiger partial charge on any atom is 0.204 e. The van der Waals surface area contributed by atoms with Crippen LogP contribution in [0.15, 0.2) is 42.0 Å². The Bertz CT molecular complexity index is 591. The van der Waals surface area contributed by atoms with Crippen LogP contribution in [-0.4, -0.2) is 35.8 Å². The van der Waals surface area contributed by atoms with E-state index in [0.717, 1.165) is 36.0 Å². The Kier molecular flexibility index (Phi) is 2.76. The zero-order chi connectivity index (χ0) is 12.5. The summed E-state index contributed by atoms with van der Waals surface area (Å²) in [6.45, 7) is 1.82. The predicted molar refractivity (Wildman–Crippen MR) is 72.8 cm³/mol. The number of Topliss-reactive ketones (excluding diaryl/α,β-unsaturated/α-hetero) is 1. The van der Waals surface area contributed by atoms with Crippen molar-refractivity contribution in [3.8, 4) is 0 Å². The van der Waals surface area contributed by atoms with Crippen molar-refractivity contribution in [2.24, 2.45) is 0 Å². The summed E-state index contributed by atoms with van der Waals surface area (Å²) >= 11 is 0. The first kappa shape index (κ1) is 11.2. The van der Waals surface area contributed by atoms with Gasteiger partial charge >= 0.3 is 0 Å². The van der Waals surface area contributed by atoms with Crippen LogP contribution in [-0.2, 0) is 0 Å². The molecule has 0 radical (unpaired) electrons. The van der Waals surface area contributed by atoms with Crippen molar-refractivity contribution in [1.82, 2.24) is 9.88 Å². The van der Waals surface area contributed by atoms with E-state index < -0.39 is 0 Å². The van der Waals surface area contributed by atoms with E-state index in [1.807, 2.05) is 36.4 Å². The molecule has 2 aromatic rings. The molecule has 0 aliphatic carbocycles. The van der Waals surface area contributed by atoms with Crippen molar-refractivity contribution in [3.05, 3.63) is 47.7 Å². The second-order valence-corrected chi connectivity index (χ2v) is 4.84. The maximum atomic E-state index is 12.4. The van der Waals surface area contributed by atoms with Gasteiger partial charge < -0.3 is 9.88 Å². The summed E-state index contributed by atoms with van der Waals surface area (Å²) in [5.74, 6) is 0.138. The Balaban J connectivity index is 1.92. The summed E-state index contributed by atoms with van der Waals surface area (Å²) in [5, 5.41) is 1.09. The lowest BCUT2D eigenvalue weighted by atomic mass is 10.0. The minimum Gasteiger partial charge on any atom is -0.352 e. The Hall–Kier alpha value is -1.87. The van der Waals surface area contributed by atoms with Gasteiger partial charge in [0.1, 0.15) is 0 Å². The molecule has 2 heterocycles. The molecule has 3 rings (SSSR count). The summed E-state index contributed by atoms with van der Waals surface area (Å²) < 4.78 is 0. The van der Waals surface area contributed by atoms with E-state index in [2.05, 4.69) is 16.9 Å². The lowest BCUT2D eigenvalue weighted by Gasteiger charge is -2.20. The first-order valence-corrected chi connectivity index (χ1v) is 6.24. The number of hydrogen-bond donors (Lipinski definition) is 1. The van der Waals surface area contributed by atoms with Gasteiger partial charge in [-0.3, -0.25) is 4.79 Å². The van der Waals surface area contributed by atoms with Gasteiger partial charge in [-0.25, -0.2) is 0 Å². The smallest absolute Gasteiger partial charge is 0.204 e. The second-order valence-electron chi connectivity index (χ2n) is 4.84. The summed E-state index contributed by atoms with van der Waals surface area (Å²) in [5.41, 5.74) is 2.65. The minimum absolute atomic E-state index is 0.138. The number of carbonyl (C=O) groups is 1. The van der Waals surface area contributed by atoms with Gasteiger partial charge in [0.2, 0.25) is 5.78 Å². The molecule has 18 heavy (non-hydrogen) atoms. The molecule has 1 N–H and O–H groups in total. The van der Waals surface area contributed by atoms with Gasteiger partial charge in [-0.05, 0) is 25.6 Å². The molecule has 1 aromatic carbocycles. The number of H-pyrrole nitrogens is 1.